The molecule has 0 unspecified atom stereocenters. The molecule has 0 atom stereocenters. The molecule has 0 bridgehead atoms. The van der Waals surface area contributed by atoms with E-state index in [0.29, 0.717) is 17.8 Å². The minimum absolute atomic E-state index is 0.0814. The molecule has 20 heavy (non-hydrogen) atoms. The van der Waals surface area contributed by atoms with Gasteiger partial charge >= 0.3 is 0 Å². The Bertz CT molecular complexity index is 504. The van der Waals surface area contributed by atoms with E-state index in [-0.39, 0.29) is 23.8 Å². The Labute approximate surface area is 119 Å². The quantitative estimate of drug-likeness (QED) is 0.731. The topological polar surface area (TPSA) is 84.2 Å². The van der Waals surface area contributed by atoms with Crippen LogP contribution in [0.5, 0.6) is 0 Å². The van der Waals surface area contributed by atoms with Crippen molar-refractivity contribution >= 4 is 17.5 Å². The number of benzene rings is 1. The van der Waals surface area contributed by atoms with Crippen molar-refractivity contribution in [3.8, 4) is 0 Å². The number of nitrogens with two attached hydrogens (primary N) is 1. The SMILES string of the molecule is Cc1ccc(N)cc1C(=O)NCCC(=O)NC(C)(C)C. The van der Waals surface area contributed by atoms with E-state index in [1.165, 1.54) is 0 Å². The second-order valence-corrected chi connectivity index (χ2v) is 5.88. The van der Waals surface area contributed by atoms with E-state index >= 15 is 0 Å². The first-order valence-corrected chi connectivity index (χ1v) is 6.64. The standard InChI is InChI=1S/C15H23N3O2/c1-10-5-6-11(16)9-12(10)14(20)17-8-7-13(19)18-15(2,3)4/h5-6,9H,7-8,16H2,1-4H3,(H,17,20)(H,18,19). The molecule has 0 saturated heterocycles. The highest BCUT2D eigenvalue weighted by Crippen LogP contribution is 2.12. The van der Waals surface area contributed by atoms with E-state index in [1.807, 2.05) is 27.7 Å². The number of nitrogen functional groups attached to an aromatic ring is 1. The van der Waals surface area contributed by atoms with Crippen LogP contribution in [0.2, 0.25) is 0 Å². The minimum Gasteiger partial charge on any atom is -0.399 e. The summed E-state index contributed by atoms with van der Waals surface area (Å²) in [5.74, 6) is -0.291. The number of hydrogen-bond acceptors (Lipinski definition) is 3. The Hall–Kier alpha value is -2.04. The zero-order valence-corrected chi connectivity index (χ0v) is 12.5. The van der Waals surface area contributed by atoms with Crippen molar-refractivity contribution < 1.29 is 9.59 Å². The molecule has 110 valence electrons. The summed E-state index contributed by atoms with van der Waals surface area (Å²) < 4.78 is 0. The average Bonchev–Trinajstić information content (AvgIpc) is 2.29. The van der Waals surface area contributed by atoms with Gasteiger partial charge in [0.25, 0.3) is 5.91 Å². The number of hydrogen-bond donors (Lipinski definition) is 3. The highest BCUT2D eigenvalue weighted by atomic mass is 16.2. The molecule has 5 nitrogen and oxygen atoms in total. The summed E-state index contributed by atoms with van der Waals surface area (Å²) in [4.78, 5) is 23.6. The lowest BCUT2D eigenvalue weighted by molar-refractivity contribution is -0.122. The highest BCUT2D eigenvalue weighted by molar-refractivity contribution is 5.96. The van der Waals surface area contributed by atoms with Crippen LogP contribution in [-0.4, -0.2) is 23.9 Å². The summed E-state index contributed by atoms with van der Waals surface area (Å²) in [7, 11) is 0. The lowest BCUT2D eigenvalue weighted by Gasteiger charge is -2.20. The van der Waals surface area contributed by atoms with E-state index in [1.54, 1.807) is 18.2 Å². The van der Waals surface area contributed by atoms with Crippen molar-refractivity contribution in [3.63, 3.8) is 0 Å². The van der Waals surface area contributed by atoms with Gasteiger partial charge in [0.05, 0.1) is 0 Å². The summed E-state index contributed by atoms with van der Waals surface area (Å²) in [6, 6.07) is 5.19. The molecule has 0 aliphatic heterocycles. The molecule has 0 aromatic heterocycles. The van der Waals surface area contributed by atoms with Gasteiger partial charge in [-0.25, -0.2) is 0 Å². The molecule has 0 saturated carbocycles. The van der Waals surface area contributed by atoms with Crippen LogP contribution in [-0.2, 0) is 4.79 Å². The maximum atomic E-state index is 12.0. The van der Waals surface area contributed by atoms with Gasteiger partial charge in [-0.1, -0.05) is 6.07 Å². The second kappa shape index (κ2) is 6.41. The number of anilines is 1. The summed E-state index contributed by atoms with van der Waals surface area (Å²) in [6.45, 7) is 7.90. The Morgan fingerprint density at radius 3 is 2.50 bits per heavy atom. The molecule has 5 heteroatoms. The fourth-order valence-corrected chi connectivity index (χ4v) is 1.75. The Morgan fingerprint density at radius 2 is 1.90 bits per heavy atom. The normalized spacial score (nSPS) is 11.0. The molecule has 0 radical (unpaired) electrons. The first-order chi connectivity index (χ1) is 9.19. The highest BCUT2D eigenvalue weighted by Gasteiger charge is 2.14. The number of rotatable bonds is 4. The molecular formula is C15H23N3O2. The van der Waals surface area contributed by atoms with Crippen LogP contribution in [0.25, 0.3) is 0 Å². The molecule has 0 spiro atoms. The van der Waals surface area contributed by atoms with E-state index in [4.69, 9.17) is 5.73 Å². The maximum absolute atomic E-state index is 12.0. The minimum atomic E-state index is -0.258. The molecule has 0 fully saturated rings. The lowest BCUT2D eigenvalue weighted by Crippen LogP contribution is -2.42. The fraction of sp³-hybridized carbons (Fsp3) is 0.467. The van der Waals surface area contributed by atoms with Crippen LogP contribution in [0.15, 0.2) is 18.2 Å². The van der Waals surface area contributed by atoms with Gasteiger partial charge in [0, 0.05) is 29.8 Å². The second-order valence-electron chi connectivity index (χ2n) is 5.88. The molecule has 1 aromatic rings. The van der Waals surface area contributed by atoms with Gasteiger partial charge in [-0.2, -0.15) is 0 Å². The Kier molecular flexibility index (Phi) is 5.13. The predicted octanol–water partition coefficient (Wildman–Crippen LogP) is 1.61. The monoisotopic (exact) mass is 277 g/mol. The third kappa shape index (κ3) is 5.30. The van der Waals surface area contributed by atoms with Gasteiger partial charge < -0.3 is 16.4 Å². The van der Waals surface area contributed by atoms with Gasteiger partial charge in [0.15, 0.2) is 0 Å². The van der Waals surface area contributed by atoms with E-state index in [2.05, 4.69) is 10.6 Å². The van der Waals surface area contributed by atoms with Crippen molar-refractivity contribution in [2.75, 3.05) is 12.3 Å². The van der Waals surface area contributed by atoms with Crippen LogP contribution >= 0.6 is 0 Å². The smallest absolute Gasteiger partial charge is 0.251 e. The summed E-state index contributed by atoms with van der Waals surface area (Å²) in [6.07, 6.45) is 0.254. The molecule has 0 heterocycles. The van der Waals surface area contributed by atoms with Crippen molar-refractivity contribution in [3.05, 3.63) is 29.3 Å². The van der Waals surface area contributed by atoms with Gasteiger partial charge in [0.1, 0.15) is 0 Å². The molecule has 0 aliphatic rings. The van der Waals surface area contributed by atoms with Crippen LogP contribution in [0.4, 0.5) is 5.69 Å². The maximum Gasteiger partial charge on any atom is 0.251 e. The average molecular weight is 277 g/mol. The molecule has 1 rings (SSSR count). The largest absolute Gasteiger partial charge is 0.399 e. The molecular weight excluding hydrogens is 254 g/mol. The lowest BCUT2D eigenvalue weighted by atomic mass is 10.1. The summed E-state index contributed by atoms with van der Waals surface area (Å²) in [5, 5.41) is 5.57. The van der Waals surface area contributed by atoms with Crippen LogP contribution < -0.4 is 16.4 Å². The number of carbonyl (C=O) groups excluding carboxylic acids is 2. The van der Waals surface area contributed by atoms with Crippen LogP contribution in [0.3, 0.4) is 0 Å². The van der Waals surface area contributed by atoms with Gasteiger partial charge in [0.2, 0.25) is 5.91 Å². The van der Waals surface area contributed by atoms with E-state index in [0.717, 1.165) is 5.56 Å². The van der Waals surface area contributed by atoms with E-state index < -0.39 is 0 Å². The predicted molar refractivity (Wildman–Crippen MR) is 80.4 cm³/mol. The fourth-order valence-electron chi connectivity index (χ4n) is 1.75. The van der Waals surface area contributed by atoms with Crippen LogP contribution in [0.1, 0.15) is 43.1 Å². The van der Waals surface area contributed by atoms with Gasteiger partial charge in [-0.15, -0.1) is 0 Å². The Morgan fingerprint density at radius 1 is 1.25 bits per heavy atom. The number of amides is 2. The zero-order valence-electron chi connectivity index (χ0n) is 12.5. The van der Waals surface area contributed by atoms with Crippen molar-refractivity contribution in [2.45, 2.75) is 39.7 Å². The number of nitrogens with one attached hydrogen (secondary N) is 2. The van der Waals surface area contributed by atoms with Gasteiger partial charge in [-0.05, 0) is 45.4 Å². The first kappa shape index (κ1) is 16.0. The Balaban J connectivity index is 2.48. The first-order valence-electron chi connectivity index (χ1n) is 6.64. The number of aryl methyl sites for hydroxylation is 1. The zero-order chi connectivity index (χ0) is 15.3. The van der Waals surface area contributed by atoms with Crippen molar-refractivity contribution in [2.24, 2.45) is 0 Å². The third-order valence-electron chi connectivity index (χ3n) is 2.66. The molecule has 0 aliphatic carbocycles. The van der Waals surface area contributed by atoms with Gasteiger partial charge in [-0.3, -0.25) is 9.59 Å². The van der Waals surface area contributed by atoms with Crippen molar-refractivity contribution in [1.82, 2.24) is 10.6 Å². The van der Waals surface area contributed by atoms with E-state index in [9.17, 15) is 9.59 Å². The molecule has 2 amide bonds. The molecule has 4 N–H and O–H groups in total. The third-order valence-corrected chi connectivity index (χ3v) is 2.66. The van der Waals surface area contributed by atoms with Crippen LogP contribution in [0, 0.1) is 6.92 Å². The summed E-state index contributed by atoms with van der Waals surface area (Å²) >= 11 is 0. The summed E-state index contributed by atoms with van der Waals surface area (Å²) in [5.41, 5.74) is 7.36. The number of carbonyl (C=O) groups is 2. The molecule has 1 aromatic carbocycles. The van der Waals surface area contributed by atoms with Crippen molar-refractivity contribution in [1.29, 1.82) is 0 Å².